The van der Waals surface area contributed by atoms with Crippen LogP contribution in [0.25, 0.3) is 0 Å². The molecule has 0 spiro atoms. The molecule has 3 rings (SSSR count). The molecule has 1 aliphatic heterocycles. The maximum Gasteiger partial charge on any atom is 0.251 e. The average Bonchev–Trinajstić information content (AvgIpc) is 2.76. The molecular formula is C22H31N5O2. The van der Waals surface area contributed by atoms with Gasteiger partial charge in [0.2, 0.25) is 0 Å². The number of carbonyl (C=O) groups excluding carboxylic acids is 1. The van der Waals surface area contributed by atoms with E-state index in [0.29, 0.717) is 17.9 Å². The van der Waals surface area contributed by atoms with E-state index in [1.807, 2.05) is 12.1 Å². The number of ether oxygens (including phenoxy) is 1. The lowest BCUT2D eigenvalue weighted by Crippen LogP contribution is -2.41. The molecule has 0 radical (unpaired) electrons. The summed E-state index contributed by atoms with van der Waals surface area (Å²) in [5.74, 6) is 0.571. The molecule has 2 aromatic rings. The van der Waals surface area contributed by atoms with E-state index in [-0.39, 0.29) is 5.91 Å². The van der Waals surface area contributed by atoms with E-state index in [1.54, 1.807) is 18.3 Å². The summed E-state index contributed by atoms with van der Waals surface area (Å²) < 4.78 is 5.34. The molecule has 7 nitrogen and oxygen atoms in total. The van der Waals surface area contributed by atoms with Crippen LogP contribution < -0.4 is 15.5 Å². The SMILES string of the molecule is CCN(CC)c1ccc(Nc2cc(C(=O)NCCN3CCOCC3)ccn2)cc1. The van der Waals surface area contributed by atoms with Gasteiger partial charge in [0.25, 0.3) is 5.91 Å². The Kier molecular flexibility index (Phi) is 7.84. The van der Waals surface area contributed by atoms with Gasteiger partial charge in [-0.2, -0.15) is 0 Å². The molecule has 1 aromatic heterocycles. The quantitative estimate of drug-likeness (QED) is 0.678. The predicted molar refractivity (Wildman–Crippen MR) is 117 cm³/mol. The number of rotatable bonds is 9. The lowest BCUT2D eigenvalue weighted by molar-refractivity contribution is 0.0383. The molecule has 2 heterocycles. The summed E-state index contributed by atoms with van der Waals surface area (Å²) in [6.45, 7) is 11.1. The predicted octanol–water partition coefficient (Wildman–Crippen LogP) is 2.73. The van der Waals surface area contributed by atoms with Crippen LogP contribution in [0.1, 0.15) is 24.2 Å². The fourth-order valence-corrected chi connectivity index (χ4v) is 3.39. The highest BCUT2D eigenvalue weighted by molar-refractivity contribution is 5.94. The Morgan fingerprint density at radius 1 is 1.14 bits per heavy atom. The Morgan fingerprint density at radius 2 is 1.86 bits per heavy atom. The summed E-state index contributed by atoms with van der Waals surface area (Å²) in [7, 11) is 0. The van der Waals surface area contributed by atoms with Crippen molar-refractivity contribution in [2.75, 3.05) is 62.7 Å². The van der Waals surface area contributed by atoms with Crippen LogP contribution in [0.3, 0.4) is 0 Å². The second-order valence-corrected chi connectivity index (χ2v) is 6.98. The minimum atomic E-state index is -0.0828. The van der Waals surface area contributed by atoms with E-state index in [0.717, 1.165) is 51.6 Å². The molecule has 1 saturated heterocycles. The number of aromatic nitrogens is 1. The van der Waals surface area contributed by atoms with Gasteiger partial charge in [0.15, 0.2) is 0 Å². The van der Waals surface area contributed by atoms with Gasteiger partial charge in [-0.1, -0.05) is 0 Å². The van der Waals surface area contributed by atoms with Gasteiger partial charge < -0.3 is 20.3 Å². The fourth-order valence-electron chi connectivity index (χ4n) is 3.39. The van der Waals surface area contributed by atoms with Crippen LogP contribution in [-0.4, -0.2) is 68.3 Å². The van der Waals surface area contributed by atoms with Crippen molar-refractivity contribution in [3.63, 3.8) is 0 Å². The van der Waals surface area contributed by atoms with Gasteiger partial charge >= 0.3 is 0 Å². The number of pyridine rings is 1. The summed E-state index contributed by atoms with van der Waals surface area (Å²) >= 11 is 0. The molecule has 0 aliphatic carbocycles. The number of benzene rings is 1. The van der Waals surface area contributed by atoms with Crippen LogP contribution in [-0.2, 0) is 4.74 Å². The van der Waals surface area contributed by atoms with Gasteiger partial charge in [-0.3, -0.25) is 9.69 Å². The average molecular weight is 398 g/mol. The van der Waals surface area contributed by atoms with Crippen LogP contribution in [0.2, 0.25) is 0 Å². The number of nitrogens with one attached hydrogen (secondary N) is 2. The molecule has 1 fully saturated rings. The van der Waals surface area contributed by atoms with Gasteiger partial charge in [0.1, 0.15) is 5.82 Å². The highest BCUT2D eigenvalue weighted by atomic mass is 16.5. The van der Waals surface area contributed by atoms with E-state index in [1.165, 1.54) is 5.69 Å². The number of amides is 1. The maximum atomic E-state index is 12.5. The Bertz CT molecular complexity index is 771. The highest BCUT2D eigenvalue weighted by Gasteiger charge is 2.11. The first-order valence-corrected chi connectivity index (χ1v) is 10.4. The Hall–Kier alpha value is -2.64. The number of morpholine rings is 1. The third-order valence-electron chi connectivity index (χ3n) is 5.11. The van der Waals surface area contributed by atoms with Crippen molar-refractivity contribution in [2.45, 2.75) is 13.8 Å². The molecule has 0 bridgehead atoms. The third-order valence-corrected chi connectivity index (χ3v) is 5.11. The van der Waals surface area contributed by atoms with E-state index in [9.17, 15) is 4.79 Å². The van der Waals surface area contributed by atoms with Crippen LogP contribution in [0.4, 0.5) is 17.2 Å². The van der Waals surface area contributed by atoms with Crippen LogP contribution in [0.15, 0.2) is 42.6 Å². The second kappa shape index (κ2) is 10.8. The van der Waals surface area contributed by atoms with Gasteiger partial charge in [-0.25, -0.2) is 4.98 Å². The summed E-state index contributed by atoms with van der Waals surface area (Å²) in [5.41, 5.74) is 2.74. The number of hydrogen-bond acceptors (Lipinski definition) is 6. The fraction of sp³-hybridized carbons (Fsp3) is 0.455. The normalized spacial score (nSPS) is 14.4. The van der Waals surface area contributed by atoms with Crippen LogP contribution in [0.5, 0.6) is 0 Å². The van der Waals surface area contributed by atoms with Crippen molar-refractivity contribution in [3.8, 4) is 0 Å². The molecule has 0 atom stereocenters. The molecule has 2 N–H and O–H groups in total. The Morgan fingerprint density at radius 3 is 2.55 bits per heavy atom. The summed E-state index contributed by atoms with van der Waals surface area (Å²) in [4.78, 5) is 21.4. The van der Waals surface area contributed by atoms with Crippen LogP contribution >= 0.6 is 0 Å². The van der Waals surface area contributed by atoms with Crippen molar-refractivity contribution in [3.05, 3.63) is 48.2 Å². The number of anilines is 3. The topological polar surface area (TPSA) is 69.7 Å². The van der Waals surface area contributed by atoms with Crippen molar-refractivity contribution >= 4 is 23.1 Å². The van der Waals surface area contributed by atoms with Gasteiger partial charge in [-0.15, -0.1) is 0 Å². The highest BCUT2D eigenvalue weighted by Crippen LogP contribution is 2.20. The lowest BCUT2D eigenvalue weighted by Gasteiger charge is -2.26. The molecule has 156 valence electrons. The van der Waals surface area contributed by atoms with E-state index in [2.05, 4.69) is 51.4 Å². The van der Waals surface area contributed by atoms with E-state index >= 15 is 0 Å². The summed E-state index contributed by atoms with van der Waals surface area (Å²) in [6.07, 6.45) is 1.66. The molecule has 7 heteroatoms. The standard InChI is InChI=1S/C22H31N5O2/c1-3-27(4-2)20-7-5-19(6-8-20)25-21-17-18(9-10-23-21)22(28)24-11-12-26-13-15-29-16-14-26/h5-10,17H,3-4,11-16H2,1-2H3,(H,23,25)(H,24,28). The van der Waals surface area contributed by atoms with Crippen molar-refractivity contribution in [2.24, 2.45) is 0 Å². The first-order valence-electron chi connectivity index (χ1n) is 10.4. The third kappa shape index (κ3) is 6.17. The Labute approximate surface area is 173 Å². The second-order valence-electron chi connectivity index (χ2n) is 6.98. The van der Waals surface area contributed by atoms with Gasteiger partial charge in [0.05, 0.1) is 13.2 Å². The summed E-state index contributed by atoms with van der Waals surface area (Å²) in [6, 6.07) is 11.8. The lowest BCUT2D eigenvalue weighted by atomic mass is 10.2. The van der Waals surface area contributed by atoms with Gasteiger partial charge in [-0.05, 0) is 50.2 Å². The largest absolute Gasteiger partial charge is 0.379 e. The zero-order chi connectivity index (χ0) is 20.5. The smallest absolute Gasteiger partial charge is 0.251 e. The first kappa shape index (κ1) is 21.1. The summed E-state index contributed by atoms with van der Waals surface area (Å²) in [5, 5.41) is 6.27. The van der Waals surface area contributed by atoms with Crippen molar-refractivity contribution in [1.82, 2.24) is 15.2 Å². The van der Waals surface area contributed by atoms with Crippen molar-refractivity contribution in [1.29, 1.82) is 0 Å². The molecule has 1 aromatic carbocycles. The number of nitrogens with zero attached hydrogens (tertiary/aromatic N) is 3. The molecule has 1 aliphatic rings. The minimum Gasteiger partial charge on any atom is -0.379 e. The first-order chi connectivity index (χ1) is 14.2. The zero-order valence-corrected chi connectivity index (χ0v) is 17.4. The monoisotopic (exact) mass is 397 g/mol. The number of carbonyl (C=O) groups is 1. The maximum absolute atomic E-state index is 12.5. The van der Waals surface area contributed by atoms with Crippen molar-refractivity contribution < 1.29 is 9.53 Å². The van der Waals surface area contributed by atoms with E-state index in [4.69, 9.17) is 4.74 Å². The van der Waals surface area contributed by atoms with Crippen LogP contribution in [0, 0.1) is 0 Å². The zero-order valence-electron chi connectivity index (χ0n) is 17.4. The Balaban J connectivity index is 1.53. The minimum absolute atomic E-state index is 0.0828. The molecule has 29 heavy (non-hydrogen) atoms. The molecule has 0 unspecified atom stereocenters. The van der Waals surface area contributed by atoms with E-state index < -0.39 is 0 Å². The van der Waals surface area contributed by atoms with Gasteiger partial charge in [0, 0.05) is 62.4 Å². The molecule has 1 amide bonds. The number of hydrogen-bond donors (Lipinski definition) is 2. The molecule has 0 saturated carbocycles. The molecular weight excluding hydrogens is 366 g/mol.